The first-order chi connectivity index (χ1) is 8.43. The Balaban J connectivity index is 2.90. The van der Waals surface area contributed by atoms with E-state index in [-0.39, 0.29) is 12.4 Å². The molecule has 4 heteroatoms. The predicted octanol–water partition coefficient (Wildman–Crippen LogP) is 1.58. The number of rotatable bonds is 6. The average molecular weight is 251 g/mol. The minimum Gasteiger partial charge on any atom is -0.497 e. The van der Waals surface area contributed by atoms with E-state index in [4.69, 9.17) is 9.84 Å². The molecule has 0 saturated carbocycles. The van der Waals surface area contributed by atoms with Gasteiger partial charge in [0.1, 0.15) is 5.75 Å². The zero-order valence-corrected chi connectivity index (χ0v) is 11.4. The van der Waals surface area contributed by atoms with Crippen LogP contribution in [0.2, 0.25) is 0 Å². The Hall–Kier alpha value is -1.39. The molecule has 1 aromatic rings. The molecule has 0 aliphatic carbocycles. The molecule has 0 aliphatic rings. The fraction of sp³-hybridized carbons (Fsp3) is 0.500. The van der Waals surface area contributed by atoms with Crippen LogP contribution in [0.5, 0.6) is 5.75 Å². The van der Waals surface area contributed by atoms with Gasteiger partial charge in [0.15, 0.2) is 5.78 Å². The number of β-amino-alcohol motifs (C(OH)–C–C–N with tert-alkyl or cyclic N) is 1. The smallest absolute Gasteiger partial charge is 0.182 e. The SMILES string of the molecule is COc1ccc(C(=O)C(C)(C)N(C)CCO)cc1. The third kappa shape index (κ3) is 3.09. The molecule has 100 valence electrons. The van der Waals surface area contributed by atoms with Crippen LogP contribution in [-0.2, 0) is 0 Å². The summed E-state index contributed by atoms with van der Waals surface area (Å²) in [5.41, 5.74) is 0.00252. The highest BCUT2D eigenvalue weighted by Crippen LogP contribution is 2.20. The Kier molecular flexibility index (Phi) is 4.87. The maximum Gasteiger partial charge on any atom is 0.182 e. The van der Waals surface area contributed by atoms with E-state index in [2.05, 4.69) is 0 Å². The fourth-order valence-corrected chi connectivity index (χ4v) is 1.70. The highest BCUT2D eigenvalue weighted by molar-refractivity contribution is 6.02. The lowest BCUT2D eigenvalue weighted by molar-refractivity contribution is 0.0666. The minimum absolute atomic E-state index is 0.0288. The zero-order valence-electron chi connectivity index (χ0n) is 11.4. The number of nitrogens with zero attached hydrogens (tertiary/aromatic N) is 1. The molecule has 0 aliphatic heterocycles. The molecule has 0 amide bonds. The number of benzene rings is 1. The van der Waals surface area contributed by atoms with Gasteiger partial charge in [0.2, 0.25) is 0 Å². The first-order valence-corrected chi connectivity index (χ1v) is 5.94. The Labute approximate surface area is 108 Å². The van der Waals surface area contributed by atoms with E-state index >= 15 is 0 Å². The Bertz CT molecular complexity index is 398. The number of hydrogen-bond donors (Lipinski definition) is 1. The molecular weight excluding hydrogens is 230 g/mol. The monoisotopic (exact) mass is 251 g/mol. The van der Waals surface area contributed by atoms with Gasteiger partial charge in [-0.05, 0) is 45.2 Å². The summed E-state index contributed by atoms with van der Waals surface area (Å²) >= 11 is 0. The van der Waals surface area contributed by atoms with Crippen LogP contribution in [0.3, 0.4) is 0 Å². The number of aliphatic hydroxyl groups excluding tert-OH is 1. The summed E-state index contributed by atoms with van der Waals surface area (Å²) in [7, 11) is 3.42. The normalized spacial score (nSPS) is 11.7. The van der Waals surface area contributed by atoms with Crippen LogP contribution < -0.4 is 4.74 Å². The topological polar surface area (TPSA) is 49.8 Å². The summed E-state index contributed by atoms with van der Waals surface area (Å²) in [6.07, 6.45) is 0. The lowest BCUT2D eigenvalue weighted by atomic mass is 9.91. The van der Waals surface area contributed by atoms with Gasteiger partial charge in [0.25, 0.3) is 0 Å². The number of hydrogen-bond acceptors (Lipinski definition) is 4. The maximum absolute atomic E-state index is 12.4. The minimum atomic E-state index is -0.642. The van der Waals surface area contributed by atoms with Crippen LogP contribution in [0.1, 0.15) is 24.2 Å². The zero-order chi connectivity index (χ0) is 13.8. The van der Waals surface area contributed by atoms with Crippen molar-refractivity contribution >= 4 is 5.78 Å². The lowest BCUT2D eigenvalue weighted by Crippen LogP contribution is -2.49. The van der Waals surface area contributed by atoms with Gasteiger partial charge in [-0.15, -0.1) is 0 Å². The van der Waals surface area contributed by atoms with Gasteiger partial charge in [0.05, 0.1) is 19.3 Å². The molecule has 1 rings (SSSR count). The summed E-state index contributed by atoms with van der Waals surface area (Å²) in [5.74, 6) is 0.758. The van der Waals surface area contributed by atoms with Gasteiger partial charge in [0, 0.05) is 12.1 Å². The highest BCUT2D eigenvalue weighted by atomic mass is 16.5. The van der Waals surface area contributed by atoms with E-state index in [0.717, 1.165) is 5.75 Å². The van der Waals surface area contributed by atoms with Gasteiger partial charge in [-0.1, -0.05) is 0 Å². The van der Waals surface area contributed by atoms with Crippen LogP contribution in [0.4, 0.5) is 0 Å². The van der Waals surface area contributed by atoms with Crippen molar-refractivity contribution < 1.29 is 14.6 Å². The number of ketones is 1. The molecular formula is C14H21NO3. The molecule has 18 heavy (non-hydrogen) atoms. The standard InChI is InChI=1S/C14H21NO3/c1-14(2,15(3)9-10-16)13(17)11-5-7-12(18-4)8-6-11/h5-8,16H,9-10H2,1-4H3. The summed E-state index contributed by atoms with van der Waals surface area (Å²) in [6, 6.07) is 7.07. The Morgan fingerprint density at radius 2 is 1.89 bits per heavy atom. The largest absolute Gasteiger partial charge is 0.497 e. The molecule has 0 heterocycles. The molecule has 1 N–H and O–H groups in total. The lowest BCUT2D eigenvalue weighted by Gasteiger charge is -2.33. The third-order valence-electron chi connectivity index (χ3n) is 3.30. The molecule has 0 radical (unpaired) electrons. The van der Waals surface area contributed by atoms with E-state index in [1.54, 1.807) is 31.4 Å². The van der Waals surface area contributed by atoms with Crippen molar-refractivity contribution in [2.45, 2.75) is 19.4 Å². The van der Waals surface area contributed by atoms with Gasteiger partial charge in [-0.25, -0.2) is 0 Å². The van der Waals surface area contributed by atoms with Crippen molar-refractivity contribution in [2.24, 2.45) is 0 Å². The second kappa shape index (κ2) is 5.98. The number of carbonyl (C=O) groups excluding carboxylic acids is 1. The van der Waals surface area contributed by atoms with Crippen LogP contribution in [-0.4, -0.2) is 48.6 Å². The Morgan fingerprint density at radius 1 is 1.33 bits per heavy atom. The molecule has 0 aromatic heterocycles. The molecule has 0 bridgehead atoms. The van der Waals surface area contributed by atoms with Crippen molar-refractivity contribution in [2.75, 3.05) is 27.3 Å². The highest BCUT2D eigenvalue weighted by Gasteiger charge is 2.32. The first-order valence-electron chi connectivity index (χ1n) is 5.94. The molecule has 0 unspecified atom stereocenters. The van der Waals surface area contributed by atoms with E-state index in [0.29, 0.717) is 12.1 Å². The van der Waals surface area contributed by atoms with Crippen LogP contribution >= 0.6 is 0 Å². The van der Waals surface area contributed by atoms with Crippen molar-refractivity contribution in [3.8, 4) is 5.75 Å². The summed E-state index contributed by atoms with van der Waals surface area (Å²) in [6.45, 7) is 4.22. The van der Waals surface area contributed by atoms with Crippen LogP contribution in [0.25, 0.3) is 0 Å². The van der Waals surface area contributed by atoms with Gasteiger partial charge in [-0.3, -0.25) is 9.69 Å². The van der Waals surface area contributed by atoms with Crippen LogP contribution in [0, 0.1) is 0 Å². The second-order valence-corrected chi connectivity index (χ2v) is 4.76. The number of ether oxygens (including phenoxy) is 1. The molecule has 0 atom stereocenters. The average Bonchev–Trinajstić information content (AvgIpc) is 2.38. The van der Waals surface area contributed by atoms with E-state index in [1.165, 1.54) is 0 Å². The summed E-state index contributed by atoms with van der Waals surface area (Å²) < 4.78 is 5.07. The molecule has 0 saturated heterocycles. The molecule has 0 fully saturated rings. The van der Waals surface area contributed by atoms with Crippen molar-refractivity contribution in [3.05, 3.63) is 29.8 Å². The predicted molar refractivity (Wildman–Crippen MR) is 71.1 cm³/mol. The number of carbonyl (C=O) groups is 1. The first kappa shape index (κ1) is 14.7. The fourth-order valence-electron chi connectivity index (χ4n) is 1.70. The summed E-state index contributed by atoms with van der Waals surface area (Å²) in [5, 5.41) is 8.95. The summed E-state index contributed by atoms with van der Waals surface area (Å²) in [4.78, 5) is 14.3. The third-order valence-corrected chi connectivity index (χ3v) is 3.30. The van der Waals surface area contributed by atoms with Crippen molar-refractivity contribution in [3.63, 3.8) is 0 Å². The molecule has 1 aromatic carbocycles. The Morgan fingerprint density at radius 3 is 2.33 bits per heavy atom. The van der Waals surface area contributed by atoms with Gasteiger partial charge >= 0.3 is 0 Å². The number of aliphatic hydroxyl groups is 1. The van der Waals surface area contributed by atoms with Crippen molar-refractivity contribution in [1.29, 1.82) is 0 Å². The molecule has 0 spiro atoms. The van der Waals surface area contributed by atoms with E-state index < -0.39 is 5.54 Å². The number of Topliss-reactive ketones (excluding diaryl/α,β-unsaturated/α-hetero) is 1. The van der Waals surface area contributed by atoms with E-state index in [1.807, 2.05) is 25.8 Å². The van der Waals surface area contributed by atoms with E-state index in [9.17, 15) is 4.79 Å². The van der Waals surface area contributed by atoms with Crippen molar-refractivity contribution in [1.82, 2.24) is 4.90 Å². The number of likely N-dealkylation sites (N-methyl/N-ethyl adjacent to an activating group) is 1. The van der Waals surface area contributed by atoms with Gasteiger partial charge < -0.3 is 9.84 Å². The second-order valence-electron chi connectivity index (χ2n) is 4.76. The number of methoxy groups -OCH3 is 1. The van der Waals surface area contributed by atoms with Crippen LogP contribution in [0.15, 0.2) is 24.3 Å². The molecule has 4 nitrogen and oxygen atoms in total. The maximum atomic E-state index is 12.4. The van der Waals surface area contributed by atoms with Gasteiger partial charge in [-0.2, -0.15) is 0 Å². The quantitative estimate of drug-likeness (QED) is 0.780.